The molecule has 160 valence electrons. The van der Waals surface area contributed by atoms with Crippen LogP contribution in [0.5, 0.6) is 5.75 Å². The van der Waals surface area contributed by atoms with Gasteiger partial charge < -0.3 is 14.8 Å². The molecule has 0 spiro atoms. The van der Waals surface area contributed by atoms with Crippen LogP contribution in [-0.4, -0.2) is 52.0 Å². The quantitative estimate of drug-likeness (QED) is 0.621. The number of morpholine rings is 1. The van der Waals surface area contributed by atoms with Crippen molar-refractivity contribution in [3.05, 3.63) is 58.1 Å². The fourth-order valence-electron chi connectivity index (χ4n) is 2.99. The summed E-state index contributed by atoms with van der Waals surface area (Å²) in [5.41, 5.74) is 2.24. The van der Waals surface area contributed by atoms with Crippen LogP contribution in [0.4, 0.5) is 5.69 Å². The lowest BCUT2D eigenvalue weighted by molar-refractivity contribution is -0.111. The number of methoxy groups -OCH3 is 1. The van der Waals surface area contributed by atoms with Crippen LogP contribution >= 0.6 is 15.9 Å². The van der Waals surface area contributed by atoms with Crippen LogP contribution in [0.3, 0.4) is 0 Å². The Morgan fingerprint density at radius 1 is 1.20 bits per heavy atom. The van der Waals surface area contributed by atoms with E-state index in [4.69, 9.17) is 9.47 Å². The number of carbonyl (C=O) groups excluding carboxylic acids is 1. The topological polar surface area (TPSA) is 84.9 Å². The maximum atomic E-state index is 12.9. The molecule has 7 nitrogen and oxygen atoms in total. The Hall–Kier alpha value is -2.20. The first-order valence-corrected chi connectivity index (χ1v) is 11.6. The molecule has 1 heterocycles. The van der Waals surface area contributed by atoms with Gasteiger partial charge in [0.2, 0.25) is 15.9 Å². The van der Waals surface area contributed by atoms with Crippen molar-refractivity contribution in [2.24, 2.45) is 0 Å². The summed E-state index contributed by atoms with van der Waals surface area (Å²) >= 11 is 3.47. The number of nitrogens with one attached hydrogen (secondary N) is 1. The summed E-state index contributed by atoms with van der Waals surface area (Å²) in [7, 11) is -2.23. The number of ether oxygens (including phenoxy) is 2. The van der Waals surface area contributed by atoms with E-state index in [2.05, 4.69) is 21.2 Å². The molecule has 1 N–H and O–H groups in total. The first-order valence-electron chi connectivity index (χ1n) is 9.32. The second-order valence-corrected chi connectivity index (χ2v) is 9.52. The van der Waals surface area contributed by atoms with E-state index in [0.29, 0.717) is 32.1 Å². The molecule has 0 aliphatic carbocycles. The normalized spacial score (nSPS) is 15.3. The van der Waals surface area contributed by atoms with Gasteiger partial charge in [0.25, 0.3) is 0 Å². The van der Waals surface area contributed by atoms with Gasteiger partial charge in [-0.25, -0.2) is 8.42 Å². The number of benzene rings is 2. The first kappa shape index (κ1) is 22.5. The van der Waals surface area contributed by atoms with Crippen LogP contribution in [0, 0.1) is 6.92 Å². The highest BCUT2D eigenvalue weighted by molar-refractivity contribution is 9.10. The Labute approximate surface area is 184 Å². The van der Waals surface area contributed by atoms with Gasteiger partial charge in [-0.2, -0.15) is 4.31 Å². The van der Waals surface area contributed by atoms with Crippen LogP contribution in [-0.2, 0) is 19.6 Å². The second-order valence-electron chi connectivity index (χ2n) is 6.73. The van der Waals surface area contributed by atoms with E-state index in [1.165, 1.54) is 35.7 Å². The van der Waals surface area contributed by atoms with Crippen molar-refractivity contribution in [1.82, 2.24) is 4.31 Å². The summed E-state index contributed by atoms with van der Waals surface area (Å²) in [6.07, 6.45) is 3.07. The second kappa shape index (κ2) is 9.74. The van der Waals surface area contributed by atoms with Gasteiger partial charge >= 0.3 is 0 Å². The molecule has 1 saturated heterocycles. The van der Waals surface area contributed by atoms with E-state index >= 15 is 0 Å². The van der Waals surface area contributed by atoms with Gasteiger partial charge in [-0.1, -0.05) is 28.1 Å². The molecule has 30 heavy (non-hydrogen) atoms. The standard InChI is InChI=1S/C21H23BrN2O5S/c1-15-3-4-16(18(22)13-15)5-8-21(25)23-19-14-17(6-7-20(19)28-2)30(26,27)24-9-11-29-12-10-24/h3-8,13-14H,9-12H2,1-2H3,(H,23,25)/b8-5+. The molecule has 0 bridgehead atoms. The third-order valence-electron chi connectivity index (χ3n) is 4.61. The number of carbonyl (C=O) groups is 1. The Morgan fingerprint density at radius 2 is 1.93 bits per heavy atom. The molecular formula is C21H23BrN2O5S. The zero-order valence-corrected chi connectivity index (χ0v) is 19.1. The number of hydrogen-bond donors (Lipinski definition) is 1. The molecule has 0 saturated carbocycles. The van der Waals surface area contributed by atoms with E-state index in [-0.39, 0.29) is 10.6 Å². The maximum Gasteiger partial charge on any atom is 0.248 e. The summed E-state index contributed by atoms with van der Waals surface area (Å²) < 4.78 is 38.6. The van der Waals surface area contributed by atoms with Crippen molar-refractivity contribution in [3.63, 3.8) is 0 Å². The lowest BCUT2D eigenvalue weighted by atomic mass is 10.1. The zero-order valence-electron chi connectivity index (χ0n) is 16.7. The highest BCUT2D eigenvalue weighted by atomic mass is 79.9. The number of aryl methyl sites for hydroxylation is 1. The van der Waals surface area contributed by atoms with E-state index in [9.17, 15) is 13.2 Å². The molecule has 1 aliphatic heterocycles. The average molecular weight is 495 g/mol. The summed E-state index contributed by atoms with van der Waals surface area (Å²) in [4.78, 5) is 12.5. The molecule has 1 aliphatic rings. The minimum Gasteiger partial charge on any atom is -0.495 e. The Kier molecular flexibility index (Phi) is 7.30. The van der Waals surface area contributed by atoms with Crippen molar-refractivity contribution in [2.45, 2.75) is 11.8 Å². The predicted octanol–water partition coefficient (Wildman–Crippen LogP) is 3.44. The maximum absolute atomic E-state index is 12.9. The van der Waals surface area contributed by atoms with Crippen molar-refractivity contribution in [1.29, 1.82) is 0 Å². The largest absolute Gasteiger partial charge is 0.495 e. The minimum absolute atomic E-state index is 0.0887. The molecule has 9 heteroatoms. The number of halogens is 1. The van der Waals surface area contributed by atoms with E-state index < -0.39 is 15.9 Å². The van der Waals surface area contributed by atoms with Gasteiger partial charge in [0.05, 0.1) is 30.9 Å². The summed E-state index contributed by atoms with van der Waals surface area (Å²) in [5, 5.41) is 2.70. The van der Waals surface area contributed by atoms with Crippen molar-refractivity contribution >= 4 is 43.6 Å². The summed E-state index contributed by atoms with van der Waals surface area (Å²) in [6.45, 7) is 3.29. The SMILES string of the molecule is COc1ccc(S(=O)(=O)N2CCOCC2)cc1NC(=O)/C=C/c1ccc(C)cc1Br. The van der Waals surface area contributed by atoms with Crippen LogP contribution in [0.2, 0.25) is 0 Å². The van der Waals surface area contributed by atoms with Crippen LogP contribution in [0.15, 0.2) is 51.8 Å². The van der Waals surface area contributed by atoms with Gasteiger partial charge in [-0.15, -0.1) is 0 Å². The number of hydrogen-bond acceptors (Lipinski definition) is 5. The van der Waals surface area contributed by atoms with Gasteiger partial charge in [-0.3, -0.25) is 4.79 Å². The number of rotatable bonds is 6. The van der Waals surface area contributed by atoms with Crippen molar-refractivity contribution in [3.8, 4) is 5.75 Å². The minimum atomic E-state index is -3.69. The van der Waals surface area contributed by atoms with Crippen LogP contribution in [0.1, 0.15) is 11.1 Å². The highest BCUT2D eigenvalue weighted by Crippen LogP contribution is 2.29. The van der Waals surface area contributed by atoms with Crippen molar-refractivity contribution in [2.75, 3.05) is 38.7 Å². The molecule has 2 aromatic carbocycles. The Morgan fingerprint density at radius 3 is 2.60 bits per heavy atom. The fourth-order valence-corrected chi connectivity index (χ4v) is 5.05. The molecule has 2 aromatic rings. The molecule has 3 rings (SSSR count). The number of nitrogens with zero attached hydrogens (tertiary/aromatic N) is 1. The van der Waals surface area contributed by atoms with Gasteiger partial charge in [0.15, 0.2) is 0 Å². The van der Waals surface area contributed by atoms with E-state index in [0.717, 1.165) is 15.6 Å². The predicted molar refractivity (Wildman–Crippen MR) is 119 cm³/mol. The number of amides is 1. The van der Waals surface area contributed by atoms with Gasteiger partial charge in [0, 0.05) is 23.6 Å². The van der Waals surface area contributed by atoms with Gasteiger partial charge in [0.1, 0.15) is 5.75 Å². The van der Waals surface area contributed by atoms with E-state index in [1.807, 2.05) is 25.1 Å². The van der Waals surface area contributed by atoms with Crippen LogP contribution in [0.25, 0.3) is 6.08 Å². The Balaban J connectivity index is 1.81. The smallest absolute Gasteiger partial charge is 0.248 e. The third-order valence-corrected chi connectivity index (χ3v) is 7.19. The van der Waals surface area contributed by atoms with Gasteiger partial charge in [-0.05, 0) is 48.4 Å². The molecule has 0 radical (unpaired) electrons. The third kappa shape index (κ3) is 5.28. The highest BCUT2D eigenvalue weighted by Gasteiger charge is 2.27. The van der Waals surface area contributed by atoms with Crippen molar-refractivity contribution < 1.29 is 22.7 Å². The summed E-state index contributed by atoms with van der Waals surface area (Å²) in [6, 6.07) is 10.2. The molecule has 0 atom stereocenters. The molecular weight excluding hydrogens is 472 g/mol. The molecule has 1 fully saturated rings. The fraction of sp³-hybridized carbons (Fsp3) is 0.286. The molecule has 0 unspecified atom stereocenters. The Bertz CT molecular complexity index is 1060. The summed E-state index contributed by atoms with van der Waals surface area (Å²) in [5.74, 6) is -0.0316. The first-order chi connectivity index (χ1) is 14.3. The molecule has 1 amide bonds. The lowest BCUT2D eigenvalue weighted by Gasteiger charge is -2.26. The molecule has 0 aromatic heterocycles. The number of sulfonamides is 1. The zero-order chi connectivity index (χ0) is 21.7. The van der Waals surface area contributed by atoms with Crippen LogP contribution < -0.4 is 10.1 Å². The monoisotopic (exact) mass is 494 g/mol. The lowest BCUT2D eigenvalue weighted by Crippen LogP contribution is -2.40. The van der Waals surface area contributed by atoms with E-state index in [1.54, 1.807) is 6.08 Å². The number of anilines is 1. The average Bonchev–Trinajstić information content (AvgIpc) is 2.73.